The molecular formula is C18H17GeO2. The second-order valence-corrected chi connectivity index (χ2v) is 9.68. The monoisotopic (exact) mass is 339 g/mol. The molecule has 0 bridgehead atoms. The predicted octanol–water partition coefficient (Wildman–Crippen LogP) is 2.22. The number of hydrogen-bond acceptors (Lipinski definition) is 2. The summed E-state index contributed by atoms with van der Waals surface area (Å²) in [6.07, 6.45) is 0. The van der Waals surface area contributed by atoms with Crippen LogP contribution in [-0.2, 0) is 0 Å². The van der Waals surface area contributed by atoms with E-state index < -0.39 is 14.3 Å². The van der Waals surface area contributed by atoms with Gasteiger partial charge in [-0.15, -0.1) is 0 Å². The van der Waals surface area contributed by atoms with Gasteiger partial charge in [0, 0.05) is 0 Å². The van der Waals surface area contributed by atoms with E-state index in [1.165, 1.54) is 13.2 Å². The first-order chi connectivity index (χ1) is 10.4. The molecule has 3 heteroatoms. The summed E-state index contributed by atoms with van der Waals surface area (Å²) in [6.45, 7) is 0. The molecule has 0 atom stereocenters. The Balaban J connectivity index is 0.000000774. The normalized spacial score (nSPS) is 9.86. The summed E-state index contributed by atoms with van der Waals surface area (Å²) in [5.74, 6) is 0. The van der Waals surface area contributed by atoms with Crippen LogP contribution in [-0.4, -0.2) is 24.9 Å². The first-order valence-electron chi connectivity index (χ1n) is 6.68. The van der Waals surface area contributed by atoms with Gasteiger partial charge in [0.15, 0.2) is 0 Å². The van der Waals surface area contributed by atoms with Gasteiger partial charge >= 0.3 is 119 Å². The minimum absolute atomic E-state index is 1.50. The van der Waals surface area contributed by atoms with E-state index in [0.29, 0.717) is 0 Å². The molecule has 0 fully saturated rings. The Labute approximate surface area is 129 Å². The van der Waals surface area contributed by atoms with Crippen molar-refractivity contribution in [2.75, 3.05) is 0 Å². The molecule has 3 aromatic rings. The molecule has 2 N–H and O–H groups in total. The molecule has 0 saturated carbocycles. The SMILES string of the molecule is OO.c1cc[c]([Ge]([c]2ccccc2)[c]2ccccc2)cc1. The van der Waals surface area contributed by atoms with Crippen molar-refractivity contribution in [3.63, 3.8) is 0 Å². The molecule has 0 amide bonds. The van der Waals surface area contributed by atoms with Gasteiger partial charge in [0.1, 0.15) is 0 Å². The maximum absolute atomic E-state index is 6.00. The third kappa shape index (κ3) is 4.05. The average Bonchev–Trinajstić information content (AvgIpc) is 2.60. The van der Waals surface area contributed by atoms with Crippen molar-refractivity contribution in [3.05, 3.63) is 91.0 Å². The van der Waals surface area contributed by atoms with Crippen LogP contribution in [0.2, 0.25) is 0 Å². The summed E-state index contributed by atoms with van der Waals surface area (Å²) < 4.78 is 4.50. The summed E-state index contributed by atoms with van der Waals surface area (Å²) in [7, 11) is 0. The van der Waals surface area contributed by atoms with Gasteiger partial charge in [-0.05, 0) is 0 Å². The third-order valence-electron chi connectivity index (χ3n) is 3.19. The van der Waals surface area contributed by atoms with Crippen LogP contribution >= 0.6 is 0 Å². The second kappa shape index (κ2) is 8.42. The van der Waals surface area contributed by atoms with Crippen LogP contribution in [0, 0.1) is 0 Å². The molecule has 0 spiro atoms. The molecule has 3 aromatic carbocycles. The Morgan fingerprint density at radius 2 is 0.667 bits per heavy atom. The maximum atomic E-state index is 6.00. The molecule has 0 aliphatic heterocycles. The van der Waals surface area contributed by atoms with Gasteiger partial charge in [-0.3, -0.25) is 10.5 Å². The van der Waals surface area contributed by atoms with E-state index in [-0.39, 0.29) is 0 Å². The topological polar surface area (TPSA) is 40.5 Å². The molecular weight excluding hydrogens is 321 g/mol. The van der Waals surface area contributed by atoms with Crippen LogP contribution in [0.15, 0.2) is 91.0 Å². The first-order valence-corrected chi connectivity index (χ1v) is 9.83. The fourth-order valence-electron chi connectivity index (χ4n) is 2.31. The Kier molecular flexibility index (Phi) is 6.22. The molecule has 105 valence electrons. The van der Waals surface area contributed by atoms with Crippen molar-refractivity contribution >= 4 is 27.5 Å². The van der Waals surface area contributed by atoms with Gasteiger partial charge in [-0.1, -0.05) is 0 Å². The van der Waals surface area contributed by atoms with E-state index in [0.717, 1.165) is 0 Å². The fourth-order valence-corrected chi connectivity index (χ4v) is 7.72. The van der Waals surface area contributed by atoms with Gasteiger partial charge in [0.2, 0.25) is 0 Å². The third-order valence-corrected chi connectivity index (χ3v) is 8.92. The molecule has 1 radical (unpaired) electrons. The van der Waals surface area contributed by atoms with Crippen molar-refractivity contribution in [3.8, 4) is 0 Å². The van der Waals surface area contributed by atoms with E-state index in [4.69, 9.17) is 10.5 Å². The molecule has 3 rings (SSSR count). The van der Waals surface area contributed by atoms with Crippen LogP contribution in [0.4, 0.5) is 0 Å². The second-order valence-electron chi connectivity index (χ2n) is 4.47. The van der Waals surface area contributed by atoms with E-state index in [2.05, 4.69) is 91.0 Å². The Morgan fingerprint density at radius 3 is 0.905 bits per heavy atom. The number of benzene rings is 3. The average molecular weight is 338 g/mol. The van der Waals surface area contributed by atoms with Crippen LogP contribution in [0.5, 0.6) is 0 Å². The van der Waals surface area contributed by atoms with Gasteiger partial charge in [0.25, 0.3) is 0 Å². The van der Waals surface area contributed by atoms with Crippen molar-refractivity contribution in [2.45, 2.75) is 0 Å². The summed E-state index contributed by atoms with van der Waals surface area (Å²) >= 11 is -1.63. The van der Waals surface area contributed by atoms with Crippen molar-refractivity contribution < 1.29 is 10.5 Å². The molecule has 0 saturated heterocycles. The predicted molar refractivity (Wildman–Crippen MR) is 89.2 cm³/mol. The molecule has 0 aliphatic rings. The van der Waals surface area contributed by atoms with E-state index in [1.807, 2.05) is 0 Å². The van der Waals surface area contributed by atoms with Crippen LogP contribution < -0.4 is 13.2 Å². The van der Waals surface area contributed by atoms with E-state index >= 15 is 0 Å². The Hall–Kier alpha value is -1.88. The fraction of sp³-hybridized carbons (Fsp3) is 0. The molecule has 0 heterocycles. The minimum atomic E-state index is -1.63. The molecule has 2 nitrogen and oxygen atoms in total. The molecule has 0 unspecified atom stereocenters. The summed E-state index contributed by atoms with van der Waals surface area (Å²) in [5, 5.41) is 12.0. The summed E-state index contributed by atoms with van der Waals surface area (Å²) in [4.78, 5) is 0. The zero-order valence-electron chi connectivity index (χ0n) is 11.6. The van der Waals surface area contributed by atoms with Gasteiger partial charge < -0.3 is 0 Å². The zero-order chi connectivity index (χ0) is 14.9. The molecule has 21 heavy (non-hydrogen) atoms. The van der Waals surface area contributed by atoms with Crippen molar-refractivity contribution in [2.24, 2.45) is 0 Å². The number of hydrogen-bond donors (Lipinski definition) is 2. The molecule has 0 aromatic heterocycles. The van der Waals surface area contributed by atoms with Gasteiger partial charge in [0.05, 0.1) is 0 Å². The Bertz CT molecular complexity index is 533. The van der Waals surface area contributed by atoms with Gasteiger partial charge in [-0.25, -0.2) is 0 Å². The summed E-state index contributed by atoms with van der Waals surface area (Å²) in [5.41, 5.74) is 0. The van der Waals surface area contributed by atoms with Gasteiger partial charge in [-0.2, -0.15) is 0 Å². The summed E-state index contributed by atoms with van der Waals surface area (Å²) in [6, 6.07) is 32.8. The molecule has 0 aliphatic carbocycles. The van der Waals surface area contributed by atoms with Crippen molar-refractivity contribution in [1.82, 2.24) is 0 Å². The Morgan fingerprint density at radius 1 is 0.429 bits per heavy atom. The van der Waals surface area contributed by atoms with Crippen LogP contribution in [0.25, 0.3) is 0 Å². The van der Waals surface area contributed by atoms with Crippen LogP contribution in [0.3, 0.4) is 0 Å². The quantitative estimate of drug-likeness (QED) is 0.437. The van der Waals surface area contributed by atoms with E-state index in [1.54, 1.807) is 0 Å². The first kappa shape index (κ1) is 15.5. The standard InChI is InChI=1S/C18H15Ge.H2O2/c1-4-10-16(11-5-1)19(17-12-6-2-7-13-17)18-14-8-3-9-15-18;1-2/h1-15H;1-2H. The number of rotatable bonds is 3. The zero-order valence-corrected chi connectivity index (χ0v) is 13.7. The van der Waals surface area contributed by atoms with Crippen LogP contribution in [0.1, 0.15) is 0 Å². The van der Waals surface area contributed by atoms with Crippen molar-refractivity contribution in [1.29, 1.82) is 0 Å². The van der Waals surface area contributed by atoms with E-state index in [9.17, 15) is 0 Å².